The van der Waals surface area contributed by atoms with Crippen molar-refractivity contribution in [3.63, 3.8) is 0 Å². The van der Waals surface area contributed by atoms with Crippen LogP contribution in [0.5, 0.6) is 5.75 Å². The number of sulfone groups is 1. The van der Waals surface area contributed by atoms with Gasteiger partial charge in [0.25, 0.3) is 5.69 Å². The zero-order chi connectivity index (χ0) is 19.9. The number of hydrogen-bond donors (Lipinski definition) is 0. The molecule has 1 unspecified atom stereocenters. The zero-order valence-electron chi connectivity index (χ0n) is 14.7. The number of rotatable bonds is 10. The Morgan fingerprint density at radius 1 is 1.19 bits per heavy atom. The number of hydrogen-bond acceptors (Lipinski definition) is 6. The number of nitrogens with zero attached hydrogens (tertiary/aromatic N) is 1. The van der Waals surface area contributed by atoms with E-state index in [4.69, 9.17) is 9.47 Å². The van der Waals surface area contributed by atoms with Gasteiger partial charge in [0.15, 0.2) is 9.84 Å². The lowest BCUT2D eigenvalue weighted by Gasteiger charge is -2.16. The molecule has 1 atom stereocenters. The van der Waals surface area contributed by atoms with E-state index in [9.17, 15) is 18.5 Å². The normalized spacial score (nSPS) is 12.5. The number of nitro benzene ring substituents is 1. The lowest BCUT2D eigenvalue weighted by molar-refractivity contribution is -0.384. The van der Waals surface area contributed by atoms with Gasteiger partial charge in [-0.05, 0) is 36.2 Å². The van der Waals surface area contributed by atoms with E-state index in [-0.39, 0.29) is 29.0 Å². The number of halogens is 1. The van der Waals surface area contributed by atoms with Crippen LogP contribution < -0.4 is 4.74 Å². The molecule has 27 heavy (non-hydrogen) atoms. The first-order chi connectivity index (χ1) is 12.9. The predicted octanol–water partition coefficient (Wildman–Crippen LogP) is 3.92. The quantitative estimate of drug-likeness (QED) is 0.232. The monoisotopic (exact) mass is 457 g/mol. The highest BCUT2D eigenvalue weighted by Crippen LogP contribution is 2.24. The van der Waals surface area contributed by atoms with Gasteiger partial charge in [-0.2, -0.15) is 0 Å². The largest absolute Gasteiger partial charge is 0.497 e. The summed E-state index contributed by atoms with van der Waals surface area (Å²) in [5, 5.41) is 11.2. The Balaban J connectivity index is 1.91. The summed E-state index contributed by atoms with van der Waals surface area (Å²) in [6.07, 6.45) is 0.0921. The van der Waals surface area contributed by atoms with E-state index in [0.717, 1.165) is 11.3 Å². The van der Waals surface area contributed by atoms with Gasteiger partial charge in [0.05, 0.1) is 28.8 Å². The molecule has 2 aromatic carbocycles. The molecule has 0 fully saturated rings. The van der Waals surface area contributed by atoms with Gasteiger partial charge in [0, 0.05) is 24.1 Å². The zero-order valence-corrected chi connectivity index (χ0v) is 17.1. The lowest BCUT2D eigenvalue weighted by Crippen LogP contribution is -2.12. The summed E-state index contributed by atoms with van der Waals surface area (Å²) >= 11 is 3.41. The van der Waals surface area contributed by atoms with E-state index >= 15 is 0 Å². The number of ether oxygens (including phenoxy) is 2. The Morgan fingerprint density at radius 2 is 1.89 bits per heavy atom. The Labute approximate surface area is 166 Å². The smallest absolute Gasteiger partial charge is 0.269 e. The first-order valence-electron chi connectivity index (χ1n) is 8.16. The molecule has 9 heteroatoms. The average Bonchev–Trinajstić information content (AvgIpc) is 2.68. The molecule has 0 spiro atoms. The number of methoxy groups -OCH3 is 1. The van der Waals surface area contributed by atoms with Crippen molar-refractivity contribution in [2.24, 2.45) is 0 Å². The summed E-state index contributed by atoms with van der Waals surface area (Å²) < 4.78 is 35.7. The molecule has 0 aliphatic carbocycles. The second-order valence-corrected chi connectivity index (χ2v) is 8.47. The summed E-state index contributed by atoms with van der Waals surface area (Å²) in [5.74, 6) is 0.626. The molecule has 0 N–H and O–H groups in total. The van der Waals surface area contributed by atoms with Crippen LogP contribution in [0.2, 0.25) is 0 Å². The van der Waals surface area contributed by atoms with Gasteiger partial charge in [-0.15, -0.1) is 0 Å². The number of benzene rings is 2. The van der Waals surface area contributed by atoms with E-state index < -0.39 is 14.8 Å². The van der Waals surface area contributed by atoms with E-state index in [1.54, 1.807) is 7.11 Å². The summed E-state index contributed by atoms with van der Waals surface area (Å²) in [4.78, 5) is 10.2. The predicted molar refractivity (Wildman–Crippen MR) is 105 cm³/mol. The fourth-order valence-electron chi connectivity index (χ4n) is 2.44. The van der Waals surface area contributed by atoms with Crippen molar-refractivity contribution in [2.45, 2.75) is 17.4 Å². The Hall–Kier alpha value is -1.97. The van der Waals surface area contributed by atoms with Crippen molar-refractivity contribution in [3.05, 3.63) is 64.2 Å². The minimum absolute atomic E-state index is 0.0675. The molecule has 0 aliphatic rings. The highest BCUT2D eigenvalue weighted by Gasteiger charge is 2.17. The Morgan fingerprint density at radius 3 is 2.48 bits per heavy atom. The molecular formula is C18H20BrNO6S. The molecule has 0 saturated carbocycles. The topological polar surface area (TPSA) is 95.7 Å². The standard InChI is InChI=1S/C18H20BrNO6S/c1-25-16-5-2-4-14(12-16)18(13-19)26-10-3-11-27(23,24)17-8-6-15(7-9-17)20(21)22/h2,4-9,12,18H,3,10-11,13H2,1H3. The number of nitro groups is 1. The van der Waals surface area contributed by atoms with Crippen molar-refractivity contribution in [2.75, 3.05) is 24.8 Å². The maximum Gasteiger partial charge on any atom is 0.269 e. The van der Waals surface area contributed by atoms with Crippen LogP contribution in [-0.2, 0) is 14.6 Å². The SMILES string of the molecule is COc1cccc(C(CBr)OCCCS(=O)(=O)c2ccc([N+](=O)[O-])cc2)c1. The van der Waals surface area contributed by atoms with Crippen LogP contribution in [0, 0.1) is 10.1 Å². The van der Waals surface area contributed by atoms with Gasteiger partial charge in [0.1, 0.15) is 5.75 Å². The van der Waals surface area contributed by atoms with Crippen LogP contribution in [0.4, 0.5) is 5.69 Å². The van der Waals surface area contributed by atoms with Gasteiger partial charge in [-0.1, -0.05) is 28.1 Å². The maximum atomic E-state index is 12.3. The molecule has 2 rings (SSSR count). The number of non-ortho nitro benzene ring substituents is 1. The van der Waals surface area contributed by atoms with Crippen molar-refractivity contribution in [1.82, 2.24) is 0 Å². The Bertz CT molecular complexity index is 870. The van der Waals surface area contributed by atoms with Gasteiger partial charge >= 0.3 is 0 Å². The van der Waals surface area contributed by atoms with Crippen LogP contribution in [0.3, 0.4) is 0 Å². The van der Waals surface area contributed by atoms with Gasteiger partial charge in [0.2, 0.25) is 0 Å². The maximum absolute atomic E-state index is 12.3. The first-order valence-corrected chi connectivity index (χ1v) is 10.9. The van der Waals surface area contributed by atoms with E-state index in [0.29, 0.717) is 11.8 Å². The van der Waals surface area contributed by atoms with Gasteiger partial charge in [-0.3, -0.25) is 10.1 Å². The third-order valence-electron chi connectivity index (χ3n) is 3.89. The molecule has 2 aromatic rings. The molecule has 146 valence electrons. The van der Waals surface area contributed by atoms with Gasteiger partial charge < -0.3 is 9.47 Å². The highest BCUT2D eigenvalue weighted by molar-refractivity contribution is 9.09. The Kier molecular flexibility index (Phi) is 7.76. The molecular weight excluding hydrogens is 438 g/mol. The first kappa shape index (κ1) is 21.3. The molecule has 0 saturated heterocycles. The van der Waals surface area contributed by atoms with Gasteiger partial charge in [-0.25, -0.2) is 8.42 Å². The van der Waals surface area contributed by atoms with Crippen molar-refractivity contribution in [1.29, 1.82) is 0 Å². The molecule has 0 amide bonds. The van der Waals surface area contributed by atoms with E-state index in [2.05, 4.69) is 15.9 Å². The minimum atomic E-state index is -3.52. The molecule has 0 bridgehead atoms. The van der Waals surface area contributed by atoms with Crippen molar-refractivity contribution in [3.8, 4) is 5.75 Å². The minimum Gasteiger partial charge on any atom is -0.497 e. The lowest BCUT2D eigenvalue weighted by atomic mass is 10.1. The van der Waals surface area contributed by atoms with Crippen LogP contribution in [0.25, 0.3) is 0 Å². The molecule has 0 heterocycles. The third kappa shape index (κ3) is 6.02. The fraction of sp³-hybridized carbons (Fsp3) is 0.333. The average molecular weight is 458 g/mol. The third-order valence-corrected chi connectivity index (χ3v) is 6.29. The van der Waals surface area contributed by atoms with Crippen LogP contribution in [0.1, 0.15) is 18.1 Å². The molecule has 7 nitrogen and oxygen atoms in total. The van der Waals surface area contributed by atoms with Crippen LogP contribution in [-0.4, -0.2) is 38.1 Å². The summed E-state index contributed by atoms with van der Waals surface area (Å²) in [6, 6.07) is 12.4. The highest BCUT2D eigenvalue weighted by atomic mass is 79.9. The second-order valence-electron chi connectivity index (χ2n) is 5.71. The van der Waals surface area contributed by atoms with E-state index in [1.807, 2.05) is 24.3 Å². The van der Waals surface area contributed by atoms with Crippen LogP contribution in [0.15, 0.2) is 53.4 Å². The molecule has 0 aliphatic heterocycles. The second kappa shape index (κ2) is 9.82. The molecule has 0 radical (unpaired) electrons. The van der Waals surface area contributed by atoms with Crippen molar-refractivity contribution >= 4 is 31.5 Å². The molecule has 0 aromatic heterocycles. The fourth-order valence-corrected chi connectivity index (χ4v) is 4.28. The summed E-state index contributed by atoms with van der Waals surface area (Å²) in [6.45, 7) is 0.264. The van der Waals surface area contributed by atoms with Crippen molar-refractivity contribution < 1.29 is 22.8 Å². The van der Waals surface area contributed by atoms with Crippen LogP contribution >= 0.6 is 15.9 Å². The summed E-state index contributed by atoms with van der Waals surface area (Å²) in [5.41, 5.74) is 0.792. The summed E-state index contributed by atoms with van der Waals surface area (Å²) in [7, 11) is -1.93. The van der Waals surface area contributed by atoms with E-state index in [1.165, 1.54) is 24.3 Å². The number of alkyl halides is 1.